The minimum absolute atomic E-state index is 0.0144. The maximum absolute atomic E-state index is 12.9. The molecule has 1 heterocycles. The first kappa shape index (κ1) is 25.5. The van der Waals surface area contributed by atoms with Crippen LogP contribution < -0.4 is 5.32 Å². The molecule has 0 aliphatic carbocycles. The molecule has 2 N–H and O–H groups in total. The molecular formula is C23H30N2O6S. The van der Waals surface area contributed by atoms with E-state index in [0.29, 0.717) is 5.56 Å². The van der Waals surface area contributed by atoms with Crippen molar-refractivity contribution in [1.29, 1.82) is 0 Å². The van der Waals surface area contributed by atoms with Gasteiger partial charge in [-0.1, -0.05) is 32.0 Å². The molecule has 0 fully saturated rings. The predicted molar refractivity (Wildman–Crippen MR) is 121 cm³/mol. The van der Waals surface area contributed by atoms with Crippen molar-refractivity contribution < 1.29 is 27.3 Å². The van der Waals surface area contributed by atoms with E-state index in [9.17, 15) is 23.1 Å². The largest absolute Gasteiger partial charge is 0.481 e. The van der Waals surface area contributed by atoms with Crippen molar-refractivity contribution in [2.24, 2.45) is 5.92 Å². The third kappa shape index (κ3) is 7.42. The van der Waals surface area contributed by atoms with Gasteiger partial charge in [0.15, 0.2) is 6.10 Å². The Labute approximate surface area is 189 Å². The van der Waals surface area contributed by atoms with E-state index in [-0.39, 0.29) is 12.3 Å². The fraction of sp³-hybridized carbons (Fsp3) is 0.435. The molecule has 0 spiro atoms. The molecular weight excluding hydrogens is 432 g/mol. The lowest BCUT2D eigenvalue weighted by molar-refractivity contribution is -0.138. The molecule has 0 bridgehead atoms. The molecule has 174 valence electrons. The van der Waals surface area contributed by atoms with E-state index in [2.05, 4.69) is 10.3 Å². The zero-order chi connectivity index (χ0) is 24.1. The molecule has 2 atom stereocenters. The van der Waals surface area contributed by atoms with E-state index in [4.69, 9.17) is 4.18 Å². The average Bonchev–Trinajstić information content (AvgIpc) is 2.65. The highest BCUT2D eigenvalue weighted by atomic mass is 32.2. The molecule has 0 saturated carbocycles. The summed E-state index contributed by atoms with van der Waals surface area (Å²) in [5.74, 6) is -1.82. The molecule has 2 unspecified atom stereocenters. The first-order valence-electron chi connectivity index (χ1n) is 10.3. The van der Waals surface area contributed by atoms with Gasteiger partial charge in [0, 0.05) is 18.0 Å². The Hall–Kier alpha value is -2.78. The number of benzene rings is 1. The summed E-state index contributed by atoms with van der Waals surface area (Å²) >= 11 is 0. The monoisotopic (exact) mass is 462 g/mol. The predicted octanol–water partition coefficient (Wildman–Crippen LogP) is 3.39. The molecule has 0 aliphatic rings. The van der Waals surface area contributed by atoms with Gasteiger partial charge in [-0.25, -0.2) is 0 Å². The Bertz CT molecular complexity index is 1060. The van der Waals surface area contributed by atoms with Gasteiger partial charge in [0.25, 0.3) is 16.0 Å². The Morgan fingerprint density at radius 3 is 2.31 bits per heavy atom. The normalized spacial score (nSPS) is 13.6. The summed E-state index contributed by atoms with van der Waals surface area (Å²) in [4.78, 5) is 28.6. The SMILES string of the molecule is Cc1cccc(C)c1-c1cncc(C(CC(=O)O)NC(=O)C(CC(C)C)OS(C)(=O)=O)c1. The van der Waals surface area contributed by atoms with Crippen molar-refractivity contribution in [3.8, 4) is 11.1 Å². The molecule has 1 aromatic heterocycles. The van der Waals surface area contributed by atoms with Crippen molar-refractivity contribution in [3.05, 3.63) is 53.3 Å². The zero-order valence-corrected chi connectivity index (χ0v) is 19.8. The van der Waals surface area contributed by atoms with Gasteiger partial charge in [-0.05, 0) is 54.5 Å². The first-order valence-corrected chi connectivity index (χ1v) is 12.1. The van der Waals surface area contributed by atoms with Crippen molar-refractivity contribution in [2.45, 2.75) is 52.7 Å². The summed E-state index contributed by atoms with van der Waals surface area (Å²) in [6.07, 6.45) is 2.58. The van der Waals surface area contributed by atoms with E-state index >= 15 is 0 Å². The summed E-state index contributed by atoms with van der Waals surface area (Å²) in [7, 11) is -3.88. The smallest absolute Gasteiger partial charge is 0.305 e. The number of nitrogens with one attached hydrogen (secondary N) is 1. The molecule has 1 aromatic carbocycles. The second-order valence-corrected chi connectivity index (χ2v) is 9.95. The van der Waals surface area contributed by atoms with Crippen LogP contribution in [0.2, 0.25) is 0 Å². The summed E-state index contributed by atoms with van der Waals surface area (Å²) in [6, 6.07) is 6.80. The van der Waals surface area contributed by atoms with Crippen molar-refractivity contribution in [3.63, 3.8) is 0 Å². The van der Waals surface area contributed by atoms with E-state index in [1.165, 1.54) is 6.20 Å². The summed E-state index contributed by atoms with van der Waals surface area (Å²) in [5, 5.41) is 12.1. The van der Waals surface area contributed by atoms with Crippen LogP contribution in [-0.4, -0.2) is 42.7 Å². The van der Waals surface area contributed by atoms with E-state index in [0.717, 1.165) is 28.5 Å². The maximum Gasteiger partial charge on any atom is 0.305 e. The molecule has 0 radical (unpaired) electrons. The van der Waals surface area contributed by atoms with Crippen molar-refractivity contribution in [2.75, 3.05) is 6.26 Å². The number of carbonyl (C=O) groups is 2. The van der Waals surface area contributed by atoms with E-state index < -0.39 is 40.6 Å². The maximum atomic E-state index is 12.9. The van der Waals surface area contributed by atoms with E-state index in [1.807, 2.05) is 45.9 Å². The highest BCUT2D eigenvalue weighted by Crippen LogP contribution is 2.29. The second kappa shape index (κ2) is 10.7. The van der Waals surface area contributed by atoms with Gasteiger partial charge in [0.2, 0.25) is 0 Å². The molecule has 9 heteroatoms. The van der Waals surface area contributed by atoms with Crippen LogP contribution in [0.5, 0.6) is 0 Å². The van der Waals surface area contributed by atoms with Gasteiger partial charge in [-0.3, -0.25) is 18.8 Å². The highest BCUT2D eigenvalue weighted by Gasteiger charge is 2.28. The van der Waals surface area contributed by atoms with Crippen LogP contribution in [0.25, 0.3) is 11.1 Å². The Morgan fingerprint density at radius 1 is 1.16 bits per heavy atom. The number of carbonyl (C=O) groups excluding carboxylic acids is 1. The first-order chi connectivity index (χ1) is 14.9. The Kier molecular flexibility index (Phi) is 8.51. The van der Waals surface area contributed by atoms with Crippen LogP contribution in [0.1, 0.15) is 49.4 Å². The molecule has 2 rings (SSSR count). The van der Waals surface area contributed by atoms with Gasteiger partial charge in [0.05, 0.1) is 18.7 Å². The second-order valence-electron chi connectivity index (χ2n) is 8.35. The number of aliphatic carboxylic acids is 1. The summed E-state index contributed by atoms with van der Waals surface area (Å²) in [5.41, 5.74) is 4.38. The topological polar surface area (TPSA) is 123 Å². The van der Waals surface area contributed by atoms with E-state index in [1.54, 1.807) is 12.3 Å². The number of nitrogens with zero attached hydrogens (tertiary/aromatic N) is 1. The molecule has 8 nitrogen and oxygen atoms in total. The molecule has 0 saturated heterocycles. The van der Waals surface area contributed by atoms with Crippen LogP contribution in [0.3, 0.4) is 0 Å². The quantitative estimate of drug-likeness (QED) is 0.519. The Balaban J connectivity index is 2.39. The molecule has 1 amide bonds. The fourth-order valence-corrected chi connectivity index (χ4v) is 4.16. The standard InChI is InChI=1S/C23H30N2O6S/c1-14(2)9-20(31-32(5,29)30)23(28)25-19(11-21(26)27)17-10-18(13-24-12-17)22-15(3)7-6-8-16(22)4/h6-8,10,12-14,19-20H,9,11H2,1-5H3,(H,25,28)(H,26,27). The number of pyridine rings is 1. The number of carboxylic acid groups (broad SMARTS) is 1. The lowest BCUT2D eigenvalue weighted by atomic mass is 9.94. The number of amides is 1. The van der Waals surface area contributed by atoms with Gasteiger partial charge in [-0.15, -0.1) is 0 Å². The molecule has 32 heavy (non-hydrogen) atoms. The van der Waals surface area contributed by atoms with Gasteiger partial charge < -0.3 is 10.4 Å². The number of hydrogen-bond acceptors (Lipinski definition) is 6. The number of aromatic nitrogens is 1. The van der Waals surface area contributed by atoms with Crippen LogP contribution in [-0.2, 0) is 23.9 Å². The highest BCUT2D eigenvalue weighted by molar-refractivity contribution is 7.86. The van der Waals surface area contributed by atoms with Crippen LogP contribution in [0, 0.1) is 19.8 Å². The van der Waals surface area contributed by atoms with Crippen LogP contribution >= 0.6 is 0 Å². The van der Waals surface area contributed by atoms with Crippen molar-refractivity contribution in [1.82, 2.24) is 10.3 Å². The van der Waals surface area contributed by atoms with Crippen LogP contribution in [0.15, 0.2) is 36.7 Å². The minimum atomic E-state index is -3.88. The van der Waals surface area contributed by atoms with Crippen LogP contribution in [0.4, 0.5) is 0 Å². The lowest BCUT2D eigenvalue weighted by Crippen LogP contribution is -2.41. The van der Waals surface area contributed by atoms with Gasteiger partial charge in [0.1, 0.15) is 0 Å². The number of carboxylic acids is 1. The molecule has 2 aromatic rings. The number of aryl methyl sites for hydroxylation is 2. The van der Waals surface area contributed by atoms with Gasteiger partial charge >= 0.3 is 5.97 Å². The summed E-state index contributed by atoms with van der Waals surface area (Å²) < 4.78 is 28.2. The summed E-state index contributed by atoms with van der Waals surface area (Å²) in [6.45, 7) is 7.62. The zero-order valence-electron chi connectivity index (χ0n) is 19.0. The average molecular weight is 463 g/mol. The lowest BCUT2D eigenvalue weighted by Gasteiger charge is -2.23. The minimum Gasteiger partial charge on any atom is -0.481 e. The third-order valence-electron chi connectivity index (χ3n) is 4.90. The third-order valence-corrected chi connectivity index (χ3v) is 5.48. The van der Waals surface area contributed by atoms with Crippen molar-refractivity contribution >= 4 is 22.0 Å². The number of hydrogen-bond donors (Lipinski definition) is 2. The fourth-order valence-electron chi connectivity index (χ4n) is 3.58. The van der Waals surface area contributed by atoms with Gasteiger partial charge in [-0.2, -0.15) is 8.42 Å². The molecule has 0 aliphatic heterocycles. The Morgan fingerprint density at radius 2 is 1.78 bits per heavy atom. The number of rotatable bonds is 10.